The summed E-state index contributed by atoms with van der Waals surface area (Å²) in [5.74, 6) is 1.15. The summed E-state index contributed by atoms with van der Waals surface area (Å²) in [7, 11) is 3.08. The number of nitrogens with one attached hydrogen (secondary N) is 1. The van der Waals surface area contributed by atoms with Crippen molar-refractivity contribution in [1.82, 2.24) is 15.5 Å². The molecule has 0 aliphatic rings. The Morgan fingerprint density at radius 2 is 1.96 bits per heavy atom. The van der Waals surface area contributed by atoms with Gasteiger partial charge in [-0.2, -0.15) is 4.98 Å². The molecule has 0 saturated heterocycles. The highest BCUT2D eigenvalue weighted by molar-refractivity contribution is 5.96. The first-order valence-corrected chi connectivity index (χ1v) is 6.84. The Bertz CT molecular complexity index is 711. The molecular weight excluding hydrogens is 302 g/mol. The maximum atomic E-state index is 11.4. The van der Waals surface area contributed by atoms with Gasteiger partial charge in [0, 0.05) is 5.56 Å². The summed E-state index contributed by atoms with van der Waals surface area (Å²) in [5.41, 5.74) is 0.688. The highest BCUT2D eigenvalue weighted by Crippen LogP contribution is 2.31. The summed E-state index contributed by atoms with van der Waals surface area (Å²) in [5, 5.41) is 6.39. The molecule has 122 valence electrons. The molecule has 1 aromatic heterocycles. The van der Waals surface area contributed by atoms with Crippen molar-refractivity contribution < 1.29 is 23.6 Å². The molecule has 2 aromatic rings. The van der Waals surface area contributed by atoms with E-state index in [4.69, 9.17) is 14.0 Å². The van der Waals surface area contributed by atoms with Crippen molar-refractivity contribution in [1.29, 1.82) is 0 Å². The summed E-state index contributed by atoms with van der Waals surface area (Å²) in [4.78, 5) is 26.4. The summed E-state index contributed by atoms with van der Waals surface area (Å²) in [6.07, 6.45) is -0.170. The van der Waals surface area contributed by atoms with E-state index >= 15 is 0 Å². The number of hydrogen-bond acceptors (Lipinski definition) is 7. The number of benzene rings is 1. The molecule has 0 atom stereocenters. The van der Waals surface area contributed by atoms with Crippen LogP contribution in [0.3, 0.4) is 0 Å². The van der Waals surface area contributed by atoms with Gasteiger partial charge in [0.2, 0.25) is 17.6 Å². The maximum absolute atomic E-state index is 11.4. The second-order valence-corrected chi connectivity index (χ2v) is 4.74. The first-order valence-electron chi connectivity index (χ1n) is 6.84. The van der Waals surface area contributed by atoms with Crippen LogP contribution in [0.2, 0.25) is 0 Å². The van der Waals surface area contributed by atoms with E-state index in [2.05, 4.69) is 15.5 Å². The van der Waals surface area contributed by atoms with E-state index in [0.29, 0.717) is 22.9 Å². The van der Waals surface area contributed by atoms with Gasteiger partial charge in [-0.1, -0.05) is 5.16 Å². The van der Waals surface area contributed by atoms with E-state index in [1.54, 1.807) is 25.3 Å². The van der Waals surface area contributed by atoms with Crippen molar-refractivity contribution in [3.8, 4) is 22.9 Å². The number of hydrogen-bond donors (Lipinski definition) is 1. The number of nitrogens with zero attached hydrogens (tertiary/aromatic N) is 2. The van der Waals surface area contributed by atoms with Crippen LogP contribution >= 0.6 is 0 Å². The first kappa shape index (κ1) is 16.5. The third-order valence-electron chi connectivity index (χ3n) is 2.96. The lowest BCUT2D eigenvalue weighted by atomic mass is 10.2. The van der Waals surface area contributed by atoms with Gasteiger partial charge in [-0.05, 0) is 25.1 Å². The molecular formula is C15H17N3O5. The fourth-order valence-electron chi connectivity index (χ4n) is 1.88. The summed E-state index contributed by atoms with van der Waals surface area (Å²) < 4.78 is 15.5. The van der Waals surface area contributed by atoms with Gasteiger partial charge in [0.1, 0.15) is 5.78 Å². The number of carbonyl (C=O) groups is 2. The number of ketones is 1. The van der Waals surface area contributed by atoms with Crippen LogP contribution in [0.4, 0.5) is 0 Å². The number of amides is 1. The third-order valence-corrected chi connectivity index (χ3v) is 2.96. The van der Waals surface area contributed by atoms with E-state index in [-0.39, 0.29) is 30.5 Å². The van der Waals surface area contributed by atoms with Gasteiger partial charge >= 0.3 is 0 Å². The van der Waals surface area contributed by atoms with Crippen LogP contribution in [-0.4, -0.2) is 36.1 Å². The molecule has 0 spiro atoms. The van der Waals surface area contributed by atoms with Crippen molar-refractivity contribution in [3.05, 3.63) is 24.1 Å². The van der Waals surface area contributed by atoms with Crippen molar-refractivity contribution in [2.75, 3.05) is 14.2 Å². The molecule has 1 heterocycles. The minimum Gasteiger partial charge on any atom is -0.493 e. The molecule has 0 radical (unpaired) electrons. The predicted molar refractivity (Wildman–Crippen MR) is 80.0 cm³/mol. The number of Topliss-reactive ketones (excluding diaryl/α,β-unsaturated/α-hetero) is 1. The molecule has 8 heteroatoms. The quantitative estimate of drug-likeness (QED) is 0.768. The topological polar surface area (TPSA) is 104 Å². The lowest BCUT2D eigenvalue weighted by molar-refractivity contribution is -0.127. The van der Waals surface area contributed by atoms with Crippen LogP contribution in [-0.2, 0) is 16.1 Å². The van der Waals surface area contributed by atoms with Crippen LogP contribution in [0, 0.1) is 0 Å². The lowest BCUT2D eigenvalue weighted by Crippen LogP contribution is -2.24. The fraction of sp³-hybridized carbons (Fsp3) is 0.333. The van der Waals surface area contributed by atoms with Crippen molar-refractivity contribution in [2.24, 2.45) is 0 Å². The number of rotatable bonds is 7. The van der Waals surface area contributed by atoms with E-state index < -0.39 is 0 Å². The van der Waals surface area contributed by atoms with Crippen LogP contribution in [0.25, 0.3) is 11.4 Å². The van der Waals surface area contributed by atoms with Gasteiger partial charge in [-0.25, -0.2) is 0 Å². The largest absolute Gasteiger partial charge is 0.493 e. The molecule has 2 rings (SSSR count). The Morgan fingerprint density at radius 3 is 2.61 bits per heavy atom. The average Bonchev–Trinajstić information content (AvgIpc) is 3.00. The molecule has 0 aliphatic carbocycles. The van der Waals surface area contributed by atoms with Crippen molar-refractivity contribution in [2.45, 2.75) is 19.9 Å². The zero-order chi connectivity index (χ0) is 16.8. The van der Waals surface area contributed by atoms with Crippen molar-refractivity contribution >= 4 is 11.7 Å². The summed E-state index contributed by atoms with van der Waals surface area (Å²) >= 11 is 0. The predicted octanol–water partition coefficient (Wildman–Crippen LogP) is 1.35. The van der Waals surface area contributed by atoms with E-state index in [1.807, 2.05) is 0 Å². The lowest BCUT2D eigenvalue weighted by Gasteiger charge is -2.07. The van der Waals surface area contributed by atoms with E-state index in [1.165, 1.54) is 14.0 Å². The molecule has 23 heavy (non-hydrogen) atoms. The Hall–Kier alpha value is -2.90. The van der Waals surface area contributed by atoms with Crippen LogP contribution in [0.15, 0.2) is 22.7 Å². The Labute approximate surface area is 132 Å². The fourth-order valence-corrected chi connectivity index (χ4v) is 1.88. The van der Waals surface area contributed by atoms with Crippen LogP contribution < -0.4 is 14.8 Å². The molecule has 1 amide bonds. The van der Waals surface area contributed by atoms with Crippen LogP contribution in [0.1, 0.15) is 19.2 Å². The van der Waals surface area contributed by atoms with Gasteiger partial charge in [0.25, 0.3) is 0 Å². The molecule has 0 fully saturated rings. The standard InChI is InChI=1S/C15H17N3O5/c1-9(19)6-13(20)16-8-14-17-15(18-23-14)10-4-5-11(21-2)12(7-10)22-3/h4-5,7H,6,8H2,1-3H3,(H,16,20). The Morgan fingerprint density at radius 1 is 1.22 bits per heavy atom. The van der Waals surface area contributed by atoms with Gasteiger partial charge in [-0.3, -0.25) is 9.59 Å². The van der Waals surface area contributed by atoms with Gasteiger partial charge < -0.3 is 19.3 Å². The zero-order valence-electron chi connectivity index (χ0n) is 13.1. The van der Waals surface area contributed by atoms with Gasteiger partial charge in [-0.15, -0.1) is 0 Å². The molecule has 0 aliphatic heterocycles. The molecule has 8 nitrogen and oxygen atoms in total. The Kier molecular flexibility index (Phi) is 5.29. The number of methoxy groups -OCH3 is 2. The number of ether oxygens (including phenoxy) is 2. The van der Waals surface area contributed by atoms with E-state index in [0.717, 1.165) is 0 Å². The minimum atomic E-state index is -0.386. The van der Waals surface area contributed by atoms with Gasteiger partial charge in [0.05, 0.1) is 27.2 Å². The number of carbonyl (C=O) groups excluding carboxylic acids is 2. The monoisotopic (exact) mass is 319 g/mol. The molecule has 0 unspecified atom stereocenters. The molecule has 0 saturated carbocycles. The van der Waals surface area contributed by atoms with Crippen LogP contribution in [0.5, 0.6) is 11.5 Å². The molecule has 1 N–H and O–H groups in total. The third kappa shape index (κ3) is 4.29. The highest BCUT2D eigenvalue weighted by Gasteiger charge is 2.13. The minimum absolute atomic E-state index is 0.0619. The highest BCUT2D eigenvalue weighted by atomic mass is 16.5. The second kappa shape index (κ2) is 7.39. The average molecular weight is 319 g/mol. The van der Waals surface area contributed by atoms with Crippen molar-refractivity contribution in [3.63, 3.8) is 0 Å². The Balaban J connectivity index is 2.07. The zero-order valence-corrected chi connectivity index (χ0v) is 13.1. The number of aromatic nitrogens is 2. The second-order valence-electron chi connectivity index (χ2n) is 4.74. The first-order chi connectivity index (χ1) is 11.0. The SMILES string of the molecule is COc1ccc(-c2noc(CNC(=O)CC(C)=O)n2)cc1OC. The smallest absolute Gasteiger partial charge is 0.246 e. The summed E-state index contributed by atoms with van der Waals surface area (Å²) in [6, 6.07) is 5.23. The van der Waals surface area contributed by atoms with E-state index in [9.17, 15) is 9.59 Å². The molecule has 1 aromatic carbocycles. The normalized spacial score (nSPS) is 10.2. The maximum Gasteiger partial charge on any atom is 0.246 e. The van der Waals surface area contributed by atoms with Gasteiger partial charge in [0.15, 0.2) is 11.5 Å². The molecule has 0 bridgehead atoms. The summed E-state index contributed by atoms with van der Waals surface area (Å²) in [6.45, 7) is 1.41.